The zero-order valence-electron chi connectivity index (χ0n) is 12.7. The lowest BCUT2D eigenvalue weighted by molar-refractivity contribution is 0.296. The van der Waals surface area contributed by atoms with Gasteiger partial charge >= 0.3 is 0 Å². The second-order valence-corrected chi connectivity index (χ2v) is 5.07. The van der Waals surface area contributed by atoms with Crippen molar-refractivity contribution in [3.05, 3.63) is 42.5 Å². The molecule has 0 radical (unpaired) electrons. The fraction of sp³-hybridized carbons (Fsp3) is 0.529. The van der Waals surface area contributed by atoms with Crippen molar-refractivity contribution in [1.29, 1.82) is 0 Å². The maximum atomic E-state index is 3.77. The van der Waals surface area contributed by atoms with Gasteiger partial charge in [0.1, 0.15) is 0 Å². The molecule has 1 aromatic rings. The Kier molecular flexibility index (Phi) is 7.27. The lowest BCUT2D eigenvalue weighted by Gasteiger charge is -2.19. The number of hydrogen-bond donors (Lipinski definition) is 1. The SMILES string of the molecule is C=CCCC(C)Nc1cccc(CN(CC)CC)c1. The van der Waals surface area contributed by atoms with Gasteiger partial charge in [-0.1, -0.05) is 32.1 Å². The third kappa shape index (κ3) is 5.93. The Morgan fingerprint density at radius 1 is 1.32 bits per heavy atom. The minimum Gasteiger partial charge on any atom is -0.383 e. The van der Waals surface area contributed by atoms with E-state index in [2.05, 4.69) is 61.8 Å². The van der Waals surface area contributed by atoms with Crippen LogP contribution in [-0.4, -0.2) is 24.0 Å². The topological polar surface area (TPSA) is 15.3 Å². The maximum absolute atomic E-state index is 3.77. The number of nitrogens with one attached hydrogen (secondary N) is 1. The van der Waals surface area contributed by atoms with Crippen LogP contribution in [0.4, 0.5) is 5.69 Å². The van der Waals surface area contributed by atoms with Crippen LogP contribution in [0.2, 0.25) is 0 Å². The van der Waals surface area contributed by atoms with Crippen molar-refractivity contribution in [3.63, 3.8) is 0 Å². The maximum Gasteiger partial charge on any atom is 0.0345 e. The lowest BCUT2D eigenvalue weighted by atomic mass is 10.1. The van der Waals surface area contributed by atoms with Crippen molar-refractivity contribution in [2.24, 2.45) is 0 Å². The van der Waals surface area contributed by atoms with E-state index < -0.39 is 0 Å². The molecule has 106 valence electrons. The lowest BCUT2D eigenvalue weighted by Crippen LogP contribution is -2.22. The van der Waals surface area contributed by atoms with E-state index in [1.165, 1.54) is 11.3 Å². The van der Waals surface area contributed by atoms with Crippen LogP contribution in [-0.2, 0) is 6.54 Å². The zero-order chi connectivity index (χ0) is 14.1. The Labute approximate surface area is 118 Å². The van der Waals surface area contributed by atoms with E-state index in [9.17, 15) is 0 Å². The van der Waals surface area contributed by atoms with Crippen molar-refractivity contribution >= 4 is 5.69 Å². The first-order chi connectivity index (χ1) is 9.19. The fourth-order valence-corrected chi connectivity index (χ4v) is 2.19. The summed E-state index contributed by atoms with van der Waals surface area (Å²) in [5, 5.41) is 3.56. The largest absolute Gasteiger partial charge is 0.383 e. The molecule has 1 rings (SSSR count). The molecule has 0 aromatic heterocycles. The van der Waals surface area contributed by atoms with Crippen LogP contribution in [0, 0.1) is 0 Å². The van der Waals surface area contributed by atoms with Gasteiger partial charge in [0.2, 0.25) is 0 Å². The van der Waals surface area contributed by atoms with E-state index in [-0.39, 0.29) is 0 Å². The number of allylic oxidation sites excluding steroid dienone is 1. The van der Waals surface area contributed by atoms with Crippen LogP contribution < -0.4 is 5.32 Å². The molecule has 0 aliphatic rings. The van der Waals surface area contributed by atoms with Crippen LogP contribution in [0.1, 0.15) is 39.2 Å². The molecule has 0 heterocycles. The Bertz CT molecular complexity index is 369. The van der Waals surface area contributed by atoms with Crippen LogP contribution in [0.3, 0.4) is 0 Å². The molecule has 0 spiro atoms. The summed E-state index contributed by atoms with van der Waals surface area (Å²) in [6.07, 6.45) is 4.17. The Morgan fingerprint density at radius 3 is 2.68 bits per heavy atom. The van der Waals surface area contributed by atoms with Gasteiger partial charge in [-0.2, -0.15) is 0 Å². The number of benzene rings is 1. The molecular weight excluding hydrogens is 232 g/mol. The highest BCUT2D eigenvalue weighted by Gasteiger charge is 2.04. The molecule has 1 aromatic carbocycles. The van der Waals surface area contributed by atoms with E-state index in [1.807, 2.05) is 6.08 Å². The van der Waals surface area contributed by atoms with Crippen LogP contribution in [0.15, 0.2) is 36.9 Å². The van der Waals surface area contributed by atoms with Crippen molar-refractivity contribution in [1.82, 2.24) is 4.90 Å². The average molecular weight is 260 g/mol. The van der Waals surface area contributed by atoms with Gasteiger partial charge in [0.05, 0.1) is 0 Å². The molecule has 1 atom stereocenters. The molecule has 0 fully saturated rings. The summed E-state index contributed by atoms with van der Waals surface area (Å²) < 4.78 is 0. The molecular formula is C17H28N2. The molecule has 1 unspecified atom stereocenters. The van der Waals surface area contributed by atoms with E-state index in [0.717, 1.165) is 32.5 Å². The van der Waals surface area contributed by atoms with Crippen LogP contribution >= 0.6 is 0 Å². The van der Waals surface area contributed by atoms with Gasteiger partial charge in [0.25, 0.3) is 0 Å². The molecule has 19 heavy (non-hydrogen) atoms. The molecule has 0 aliphatic carbocycles. The molecule has 0 saturated heterocycles. The third-order valence-corrected chi connectivity index (χ3v) is 3.44. The van der Waals surface area contributed by atoms with E-state index in [0.29, 0.717) is 6.04 Å². The monoisotopic (exact) mass is 260 g/mol. The molecule has 0 saturated carbocycles. The van der Waals surface area contributed by atoms with Gasteiger partial charge in [-0.15, -0.1) is 6.58 Å². The molecule has 0 aliphatic heterocycles. The summed E-state index contributed by atoms with van der Waals surface area (Å²) in [5.74, 6) is 0. The Morgan fingerprint density at radius 2 is 2.05 bits per heavy atom. The first-order valence-corrected chi connectivity index (χ1v) is 7.38. The summed E-state index contributed by atoms with van der Waals surface area (Å²) in [4.78, 5) is 2.43. The van der Waals surface area contributed by atoms with E-state index >= 15 is 0 Å². The van der Waals surface area contributed by atoms with Crippen molar-refractivity contribution in [3.8, 4) is 0 Å². The summed E-state index contributed by atoms with van der Waals surface area (Å²) >= 11 is 0. The zero-order valence-corrected chi connectivity index (χ0v) is 12.7. The smallest absolute Gasteiger partial charge is 0.0345 e. The summed E-state index contributed by atoms with van der Waals surface area (Å²) in [5.41, 5.74) is 2.60. The predicted molar refractivity (Wildman–Crippen MR) is 85.6 cm³/mol. The summed E-state index contributed by atoms with van der Waals surface area (Å²) in [7, 11) is 0. The number of hydrogen-bond acceptors (Lipinski definition) is 2. The van der Waals surface area contributed by atoms with Crippen LogP contribution in [0.5, 0.6) is 0 Å². The van der Waals surface area contributed by atoms with Gasteiger partial charge in [0, 0.05) is 18.3 Å². The second kappa shape index (κ2) is 8.76. The van der Waals surface area contributed by atoms with Crippen LogP contribution in [0.25, 0.3) is 0 Å². The predicted octanol–water partition coefficient (Wildman–Crippen LogP) is 4.30. The third-order valence-electron chi connectivity index (χ3n) is 3.44. The highest BCUT2D eigenvalue weighted by Crippen LogP contribution is 2.15. The number of anilines is 1. The van der Waals surface area contributed by atoms with E-state index in [1.54, 1.807) is 0 Å². The molecule has 0 amide bonds. The second-order valence-electron chi connectivity index (χ2n) is 5.07. The minimum absolute atomic E-state index is 0.488. The van der Waals surface area contributed by atoms with E-state index in [4.69, 9.17) is 0 Å². The normalized spacial score (nSPS) is 12.4. The van der Waals surface area contributed by atoms with Gasteiger partial charge in [-0.25, -0.2) is 0 Å². The van der Waals surface area contributed by atoms with Gasteiger partial charge in [-0.05, 0) is 50.6 Å². The Balaban J connectivity index is 2.58. The first kappa shape index (κ1) is 15.8. The van der Waals surface area contributed by atoms with Crippen molar-refractivity contribution < 1.29 is 0 Å². The van der Waals surface area contributed by atoms with Gasteiger partial charge < -0.3 is 5.32 Å². The molecule has 1 N–H and O–H groups in total. The average Bonchev–Trinajstić information content (AvgIpc) is 2.43. The fourth-order valence-electron chi connectivity index (χ4n) is 2.19. The quantitative estimate of drug-likeness (QED) is 0.666. The summed E-state index contributed by atoms with van der Waals surface area (Å²) in [6.45, 7) is 13.7. The molecule has 0 bridgehead atoms. The summed E-state index contributed by atoms with van der Waals surface area (Å²) in [6, 6.07) is 9.25. The first-order valence-electron chi connectivity index (χ1n) is 7.38. The minimum atomic E-state index is 0.488. The highest BCUT2D eigenvalue weighted by atomic mass is 15.1. The van der Waals surface area contributed by atoms with Gasteiger partial charge in [0.15, 0.2) is 0 Å². The molecule has 2 heteroatoms. The van der Waals surface area contributed by atoms with Gasteiger partial charge in [-0.3, -0.25) is 4.90 Å². The standard InChI is InChI=1S/C17H28N2/c1-5-8-10-15(4)18-17-12-9-11-16(13-17)14-19(6-2)7-3/h5,9,11-13,15,18H,1,6-8,10,14H2,2-4H3. The van der Waals surface area contributed by atoms with Crippen molar-refractivity contribution in [2.45, 2.75) is 46.2 Å². The molecule has 2 nitrogen and oxygen atoms in total. The number of rotatable bonds is 9. The Hall–Kier alpha value is -1.28. The number of nitrogens with zero attached hydrogens (tertiary/aromatic N) is 1. The van der Waals surface area contributed by atoms with Crippen molar-refractivity contribution in [2.75, 3.05) is 18.4 Å². The highest BCUT2D eigenvalue weighted by molar-refractivity contribution is 5.46.